The zero-order valence-corrected chi connectivity index (χ0v) is 12.4. The molecular weight excluding hydrogens is 252 g/mol. The minimum Gasteiger partial charge on any atom is -0.444 e. The molecule has 2 aliphatic heterocycles. The molecule has 0 aromatic carbocycles. The molecule has 0 aromatic heterocycles. The molecule has 18 heavy (non-hydrogen) atoms. The van der Waals surface area contributed by atoms with E-state index < -0.39 is 5.60 Å². The number of nitrogens with zero attached hydrogens (tertiary/aromatic N) is 1. The maximum Gasteiger partial charge on any atom is 0.410 e. The molecule has 2 rings (SSSR count). The summed E-state index contributed by atoms with van der Waals surface area (Å²) in [6.07, 6.45) is 3.37. The fourth-order valence-corrected chi connectivity index (χ4v) is 2.83. The van der Waals surface area contributed by atoms with Crippen molar-refractivity contribution >= 4 is 18.5 Å². The number of nitrogens with one attached hydrogen (secondary N) is 1. The van der Waals surface area contributed by atoms with Crippen molar-refractivity contribution in [1.29, 1.82) is 0 Å². The first-order chi connectivity index (χ1) is 7.90. The first kappa shape index (κ1) is 15.6. The molecule has 0 aliphatic carbocycles. The second-order valence-electron chi connectivity index (χ2n) is 6.43. The lowest BCUT2D eigenvalue weighted by Crippen LogP contribution is -2.48. The fraction of sp³-hybridized carbons (Fsp3) is 0.923. The zero-order chi connectivity index (χ0) is 12.5. The van der Waals surface area contributed by atoms with E-state index in [0.29, 0.717) is 5.41 Å². The number of carbonyl (C=O) groups is 1. The van der Waals surface area contributed by atoms with Crippen molar-refractivity contribution in [3.05, 3.63) is 0 Å². The van der Waals surface area contributed by atoms with Crippen LogP contribution in [-0.4, -0.2) is 42.8 Å². The third-order valence-corrected chi connectivity index (χ3v) is 3.65. The Balaban J connectivity index is 0.00000162. The lowest BCUT2D eigenvalue weighted by atomic mass is 9.79. The zero-order valence-electron chi connectivity index (χ0n) is 11.6. The van der Waals surface area contributed by atoms with Crippen LogP contribution in [0.15, 0.2) is 0 Å². The highest BCUT2D eigenvalue weighted by molar-refractivity contribution is 5.85. The summed E-state index contributed by atoms with van der Waals surface area (Å²) in [6, 6.07) is 0. The average molecular weight is 277 g/mol. The third kappa shape index (κ3) is 3.75. The summed E-state index contributed by atoms with van der Waals surface area (Å²) in [5.74, 6) is 0. The molecule has 2 saturated heterocycles. The first-order valence-electron chi connectivity index (χ1n) is 6.59. The standard InChI is InChI=1S/C13H24N2O2.ClH/c1-12(2,3)17-11(16)15-8-4-5-13(10-15)6-7-14-9-13;/h14H,4-10H2,1-3H3;1H. The van der Waals surface area contributed by atoms with Gasteiger partial charge in [-0.3, -0.25) is 0 Å². The molecule has 2 aliphatic rings. The Kier molecular flexibility index (Phi) is 4.90. The average Bonchev–Trinajstić information content (AvgIpc) is 2.64. The Hall–Kier alpha value is -0.480. The van der Waals surface area contributed by atoms with Crippen molar-refractivity contribution in [1.82, 2.24) is 10.2 Å². The van der Waals surface area contributed by atoms with Crippen molar-refractivity contribution in [2.45, 2.75) is 45.6 Å². The highest BCUT2D eigenvalue weighted by Gasteiger charge is 2.40. The Labute approximate surface area is 116 Å². The smallest absolute Gasteiger partial charge is 0.410 e. The van der Waals surface area contributed by atoms with Crippen LogP contribution in [-0.2, 0) is 4.74 Å². The number of rotatable bonds is 0. The number of amides is 1. The summed E-state index contributed by atoms with van der Waals surface area (Å²) in [6.45, 7) is 9.59. The van der Waals surface area contributed by atoms with Crippen molar-refractivity contribution < 1.29 is 9.53 Å². The largest absolute Gasteiger partial charge is 0.444 e. The summed E-state index contributed by atoms with van der Waals surface area (Å²) in [7, 11) is 0. The van der Waals surface area contributed by atoms with Crippen LogP contribution >= 0.6 is 12.4 Å². The van der Waals surface area contributed by atoms with Crippen LogP contribution in [0.1, 0.15) is 40.0 Å². The van der Waals surface area contributed by atoms with Gasteiger partial charge in [-0.25, -0.2) is 4.79 Å². The first-order valence-corrected chi connectivity index (χ1v) is 6.59. The number of hydrogen-bond donors (Lipinski definition) is 1. The highest BCUT2D eigenvalue weighted by Crippen LogP contribution is 2.35. The Bertz CT molecular complexity index is 296. The summed E-state index contributed by atoms with van der Waals surface area (Å²) in [4.78, 5) is 13.9. The molecule has 2 heterocycles. The van der Waals surface area contributed by atoms with E-state index in [0.717, 1.165) is 32.6 Å². The molecular formula is C13H25ClN2O2. The minimum atomic E-state index is -0.393. The Morgan fingerprint density at radius 1 is 1.33 bits per heavy atom. The molecule has 0 radical (unpaired) electrons. The van der Waals surface area contributed by atoms with Gasteiger partial charge in [-0.1, -0.05) is 0 Å². The number of piperidine rings is 1. The molecule has 1 amide bonds. The molecule has 0 aromatic rings. The van der Waals surface area contributed by atoms with Crippen LogP contribution in [0.2, 0.25) is 0 Å². The molecule has 1 atom stereocenters. The molecule has 0 saturated carbocycles. The predicted octanol–water partition coefficient (Wildman–Crippen LogP) is 2.42. The summed E-state index contributed by atoms with van der Waals surface area (Å²) in [5, 5.41) is 3.41. The summed E-state index contributed by atoms with van der Waals surface area (Å²) >= 11 is 0. The van der Waals surface area contributed by atoms with Gasteiger partial charge in [-0.2, -0.15) is 0 Å². The minimum absolute atomic E-state index is 0. The van der Waals surface area contributed by atoms with Gasteiger partial charge in [0, 0.05) is 25.0 Å². The van der Waals surface area contributed by atoms with Gasteiger partial charge < -0.3 is 15.0 Å². The second kappa shape index (κ2) is 5.66. The summed E-state index contributed by atoms with van der Waals surface area (Å²) in [5.41, 5.74) is -0.0786. The number of ether oxygens (including phenoxy) is 1. The van der Waals surface area contributed by atoms with Crippen LogP contribution in [0.3, 0.4) is 0 Å². The van der Waals surface area contributed by atoms with E-state index in [1.807, 2.05) is 25.7 Å². The number of halogens is 1. The van der Waals surface area contributed by atoms with Crippen molar-refractivity contribution in [3.8, 4) is 0 Å². The molecule has 5 heteroatoms. The SMILES string of the molecule is CC(C)(C)OC(=O)N1CCCC2(CCNC2)C1.Cl. The number of likely N-dealkylation sites (tertiary alicyclic amines) is 1. The van der Waals surface area contributed by atoms with Gasteiger partial charge in [0.25, 0.3) is 0 Å². The van der Waals surface area contributed by atoms with Crippen LogP contribution in [0.5, 0.6) is 0 Å². The highest BCUT2D eigenvalue weighted by atomic mass is 35.5. The van der Waals surface area contributed by atoms with Gasteiger partial charge in [0.15, 0.2) is 0 Å². The van der Waals surface area contributed by atoms with Crippen LogP contribution in [0.25, 0.3) is 0 Å². The van der Waals surface area contributed by atoms with Crippen molar-refractivity contribution in [3.63, 3.8) is 0 Å². The van der Waals surface area contributed by atoms with Crippen LogP contribution in [0.4, 0.5) is 4.79 Å². The van der Waals surface area contributed by atoms with Gasteiger partial charge in [-0.05, 0) is 46.6 Å². The third-order valence-electron chi connectivity index (χ3n) is 3.65. The molecule has 1 unspecified atom stereocenters. The van der Waals surface area contributed by atoms with E-state index in [9.17, 15) is 4.79 Å². The molecule has 0 bridgehead atoms. The van der Waals surface area contributed by atoms with E-state index in [4.69, 9.17) is 4.74 Å². The van der Waals surface area contributed by atoms with Gasteiger partial charge in [-0.15, -0.1) is 12.4 Å². The fourth-order valence-electron chi connectivity index (χ4n) is 2.83. The van der Waals surface area contributed by atoms with Gasteiger partial charge in [0.1, 0.15) is 5.60 Å². The van der Waals surface area contributed by atoms with E-state index in [2.05, 4.69) is 5.32 Å². The van der Waals surface area contributed by atoms with Crippen molar-refractivity contribution in [2.24, 2.45) is 5.41 Å². The number of carbonyl (C=O) groups excluding carboxylic acids is 1. The van der Waals surface area contributed by atoms with Crippen LogP contribution < -0.4 is 5.32 Å². The van der Waals surface area contributed by atoms with E-state index in [1.54, 1.807) is 0 Å². The second-order valence-corrected chi connectivity index (χ2v) is 6.43. The molecule has 2 fully saturated rings. The maximum atomic E-state index is 12.0. The van der Waals surface area contributed by atoms with Gasteiger partial charge in [0.05, 0.1) is 0 Å². The predicted molar refractivity (Wildman–Crippen MR) is 74.2 cm³/mol. The lowest BCUT2D eigenvalue weighted by Gasteiger charge is -2.40. The molecule has 4 nitrogen and oxygen atoms in total. The lowest BCUT2D eigenvalue weighted by molar-refractivity contribution is 0.00692. The molecule has 106 valence electrons. The quantitative estimate of drug-likeness (QED) is 0.739. The maximum absolute atomic E-state index is 12.0. The topological polar surface area (TPSA) is 41.6 Å². The Morgan fingerprint density at radius 2 is 2.06 bits per heavy atom. The summed E-state index contributed by atoms with van der Waals surface area (Å²) < 4.78 is 5.45. The van der Waals surface area contributed by atoms with Gasteiger partial charge >= 0.3 is 6.09 Å². The van der Waals surface area contributed by atoms with Gasteiger partial charge in [0.2, 0.25) is 0 Å². The van der Waals surface area contributed by atoms with E-state index in [-0.39, 0.29) is 18.5 Å². The molecule has 1 N–H and O–H groups in total. The molecule has 1 spiro atoms. The van der Waals surface area contributed by atoms with E-state index in [1.165, 1.54) is 12.8 Å². The number of hydrogen-bond acceptors (Lipinski definition) is 3. The van der Waals surface area contributed by atoms with Crippen molar-refractivity contribution in [2.75, 3.05) is 26.2 Å². The monoisotopic (exact) mass is 276 g/mol. The Morgan fingerprint density at radius 3 is 2.61 bits per heavy atom. The van der Waals surface area contributed by atoms with Crippen LogP contribution in [0, 0.1) is 5.41 Å². The normalized spacial score (nSPS) is 28.1. The van der Waals surface area contributed by atoms with E-state index >= 15 is 0 Å².